The van der Waals surface area contributed by atoms with Crippen LogP contribution in [0.4, 0.5) is 10.1 Å². The smallest absolute Gasteiger partial charge is 0.312 e. The normalized spacial score (nSPS) is 11.2. The van der Waals surface area contributed by atoms with Crippen LogP contribution in [0.1, 0.15) is 13.3 Å². The highest BCUT2D eigenvalue weighted by Gasteiger charge is 2.24. The first kappa shape index (κ1) is 16.1. The highest BCUT2D eigenvalue weighted by atomic mass is 32.2. The molecule has 7 nitrogen and oxygen atoms in total. The van der Waals surface area contributed by atoms with Crippen LogP contribution in [0, 0.1) is 15.9 Å². The van der Waals surface area contributed by atoms with E-state index in [1.165, 1.54) is 0 Å². The van der Waals surface area contributed by atoms with Gasteiger partial charge in [-0.25, -0.2) is 17.9 Å². The van der Waals surface area contributed by atoms with E-state index in [9.17, 15) is 22.9 Å². The molecule has 0 aliphatic rings. The Morgan fingerprint density at radius 3 is 2.60 bits per heavy atom. The minimum atomic E-state index is -4.39. The standard InChI is InChI=1S/C11H13FN2O5S/c1-3-7(2)6-19-10-4-8(12)11(20(13,17)18)5-9(10)14(15)16/h4-5H,2-3,6H2,1H3,(H2,13,17,18). The van der Waals surface area contributed by atoms with Crippen LogP contribution in [0.5, 0.6) is 5.75 Å². The van der Waals surface area contributed by atoms with E-state index in [4.69, 9.17) is 9.88 Å². The number of hydrogen-bond acceptors (Lipinski definition) is 5. The molecule has 9 heteroatoms. The zero-order valence-electron chi connectivity index (χ0n) is 10.6. The van der Waals surface area contributed by atoms with Gasteiger partial charge < -0.3 is 4.74 Å². The molecule has 0 saturated carbocycles. The molecule has 20 heavy (non-hydrogen) atoms. The van der Waals surface area contributed by atoms with E-state index >= 15 is 0 Å². The van der Waals surface area contributed by atoms with Crippen molar-refractivity contribution in [2.75, 3.05) is 6.61 Å². The predicted octanol–water partition coefficient (Wildman–Crippen LogP) is 1.73. The van der Waals surface area contributed by atoms with Crippen LogP contribution in [0.3, 0.4) is 0 Å². The third-order valence-electron chi connectivity index (χ3n) is 2.45. The van der Waals surface area contributed by atoms with E-state index in [0.29, 0.717) is 24.1 Å². The van der Waals surface area contributed by atoms with Crippen molar-refractivity contribution in [2.45, 2.75) is 18.2 Å². The van der Waals surface area contributed by atoms with Gasteiger partial charge in [-0.05, 0) is 12.0 Å². The Hall–Kier alpha value is -2.00. The zero-order valence-corrected chi connectivity index (χ0v) is 11.4. The van der Waals surface area contributed by atoms with E-state index in [2.05, 4.69) is 6.58 Å². The van der Waals surface area contributed by atoms with Gasteiger partial charge in [0, 0.05) is 12.1 Å². The second-order valence-corrected chi connectivity index (χ2v) is 5.47. The Morgan fingerprint density at radius 1 is 1.55 bits per heavy atom. The third-order valence-corrected chi connectivity index (χ3v) is 3.37. The number of benzene rings is 1. The minimum absolute atomic E-state index is 0.0362. The summed E-state index contributed by atoms with van der Waals surface area (Å²) < 4.78 is 40.9. The number of nitro benzene ring substituents is 1. The summed E-state index contributed by atoms with van der Waals surface area (Å²) in [5.74, 6) is -1.59. The number of nitro groups is 1. The molecule has 1 aromatic carbocycles. The number of rotatable bonds is 6. The molecule has 1 aromatic rings. The molecule has 0 atom stereocenters. The van der Waals surface area contributed by atoms with Crippen LogP contribution in [0.25, 0.3) is 0 Å². The lowest BCUT2D eigenvalue weighted by molar-refractivity contribution is -0.386. The molecule has 2 N–H and O–H groups in total. The lowest BCUT2D eigenvalue weighted by Gasteiger charge is -2.09. The van der Waals surface area contributed by atoms with Gasteiger partial charge in [0.15, 0.2) is 5.75 Å². The molecular formula is C11H13FN2O5S. The van der Waals surface area contributed by atoms with E-state index < -0.39 is 31.3 Å². The summed E-state index contributed by atoms with van der Waals surface area (Å²) in [5, 5.41) is 15.6. The molecule has 0 heterocycles. The van der Waals surface area contributed by atoms with Crippen molar-refractivity contribution in [3.63, 3.8) is 0 Å². The number of halogens is 1. The van der Waals surface area contributed by atoms with Crippen molar-refractivity contribution in [1.29, 1.82) is 0 Å². The van der Waals surface area contributed by atoms with Gasteiger partial charge in [-0.2, -0.15) is 0 Å². The molecule has 0 aromatic heterocycles. The maximum absolute atomic E-state index is 13.6. The van der Waals surface area contributed by atoms with Gasteiger partial charge in [0.05, 0.1) is 4.92 Å². The Bertz CT molecular complexity index is 657. The largest absolute Gasteiger partial charge is 0.482 e. The van der Waals surface area contributed by atoms with Crippen molar-refractivity contribution >= 4 is 15.7 Å². The van der Waals surface area contributed by atoms with Gasteiger partial charge in [0.1, 0.15) is 17.3 Å². The molecule has 0 aliphatic heterocycles. The van der Waals surface area contributed by atoms with Gasteiger partial charge in [0.2, 0.25) is 10.0 Å². The molecule has 0 radical (unpaired) electrons. The van der Waals surface area contributed by atoms with Crippen LogP contribution in [0.15, 0.2) is 29.2 Å². The number of nitrogens with zero attached hydrogens (tertiary/aromatic N) is 1. The minimum Gasteiger partial charge on any atom is -0.482 e. The second kappa shape index (κ2) is 5.97. The SMILES string of the molecule is C=C(CC)COc1cc(F)c(S(N)(=O)=O)cc1[N+](=O)[O-]. The van der Waals surface area contributed by atoms with Crippen LogP contribution >= 0.6 is 0 Å². The molecule has 0 unspecified atom stereocenters. The Kier molecular flexibility index (Phi) is 4.79. The number of primary sulfonamides is 1. The Labute approximate surface area is 115 Å². The van der Waals surface area contributed by atoms with Gasteiger partial charge in [0.25, 0.3) is 0 Å². The van der Waals surface area contributed by atoms with Gasteiger partial charge in [-0.15, -0.1) is 0 Å². The highest BCUT2D eigenvalue weighted by molar-refractivity contribution is 7.89. The van der Waals surface area contributed by atoms with E-state index in [-0.39, 0.29) is 12.4 Å². The van der Waals surface area contributed by atoms with E-state index in [1.807, 2.05) is 6.92 Å². The molecular weight excluding hydrogens is 291 g/mol. The fourth-order valence-electron chi connectivity index (χ4n) is 1.28. The summed E-state index contributed by atoms with van der Waals surface area (Å²) in [6.45, 7) is 5.41. The molecule has 110 valence electrons. The molecule has 1 rings (SSSR count). The van der Waals surface area contributed by atoms with Crippen molar-refractivity contribution < 1.29 is 22.5 Å². The van der Waals surface area contributed by atoms with Gasteiger partial charge in [-0.1, -0.05) is 13.5 Å². The average Bonchev–Trinajstić information content (AvgIpc) is 2.33. The van der Waals surface area contributed by atoms with Crippen LogP contribution in [0.2, 0.25) is 0 Å². The van der Waals surface area contributed by atoms with E-state index in [0.717, 1.165) is 0 Å². The van der Waals surface area contributed by atoms with Crippen LogP contribution in [-0.2, 0) is 10.0 Å². The monoisotopic (exact) mass is 304 g/mol. The third kappa shape index (κ3) is 3.75. The molecule has 0 saturated heterocycles. The first-order valence-corrected chi connectivity index (χ1v) is 7.01. The fourth-order valence-corrected chi connectivity index (χ4v) is 1.89. The molecule has 0 amide bonds. The number of sulfonamides is 1. The quantitative estimate of drug-likeness (QED) is 0.488. The summed E-state index contributed by atoms with van der Waals surface area (Å²) >= 11 is 0. The fraction of sp³-hybridized carbons (Fsp3) is 0.273. The van der Waals surface area contributed by atoms with Crippen LogP contribution < -0.4 is 9.88 Å². The molecule has 0 aliphatic carbocycles. The topological polar surface area (TPSA) is 113 Å². The van der Waals surface area contributed by atoms with Crippen molar-refractivity contribution in [3.05, 3.63) is 40.2 Å². The highest BCUT2D eigenvalue weighted by Crippen LogP contribution is 2.31. The first-order chi connectivity index (χ1) is 9.16. The van der Waals surface area contributed by atoms with Crippen molar-refractivity contribution in [3.8, 4) is 5.75 Å². The summed E-state index contributed by atoms with van der Waals surface area (Å²) in [4.78, 5) is 9.04. The van der Waals surface area contributed by atoms with Gasteiger partial charge in [-0.3, -0.25) is 10.1 Å². The lowest BCUT2D eigenvalue weighted by Crippen LogP contribution is -2.15. The molecule has 0 bridgehead atoms. The molecule has 0 spiro atoms. The zero-order chi connectivity index (χ0) is 15.5. The lowest BCUT2D eigenvalue weighted by atomic mass is 10.2. The summed E-state index contributed by atoms with van der Waals surface area (Å²) in [5.41, 5.74) is -0.0328. The van der Waals surface area contributed by atoms with Crippen molar-refractivity contribution in [1.82, 2.24) is 0 Å². The van der Waals surface area contributed by atoms with Crippen LogP contribution in [-0.4, -0.2) is 19.9 Å². The Balaban J connectivity index is 3.29. The predicted molar refractivity (Wildman–Crippen MR) is 69.4 cm³/mol. The first-order valence-electron chi connectivity index (χ1n) is 5.47. The van der Waals surface area contributed by atoms with Gasteiger partial charge >= 0.3 is 5.69 Å². The Morgan fingerprint density at radius 2 is 2.15 bits per heavy atom. The number of nitrogens with two attached hydrogens (primary N) is 1. The summed E-state index contributed by atoms with van der Waals surface area (Å²) in [6.07, 6.45) is 0.589. The van der Waals surface area contributed by atoms with Crippen molar-refractivity contribution in [2.24, 2.45) is 5.14 Å². The molecule has 0 fully saturated rings. The maximum Gasteiger partial charge on any atom is 0.312 e. The second-order valence-electron chi connectivity index (χ2n) is 3.94. The number of ether oxygens (including phenoxy) is 1. The summed E-state index contributed by atoms with van der Waals surface area (Å²) in [6, 6.07) is 1.16. The average molecular weight is 304 g/mol. The van der Waals surface area contributed by atoms with E-state index in [1.54, 1.807) is 0 Å². The summed E-state index contributed by atoms with van der Waals surface area (Å²) in [7, 11) is -4.39. The maximum atomic E-state index is 13.6. The number of hydrogen-bond donors (Lipinski definition) is 1.